The van der Waals surface area contributed by atoms with Gasteiger partial charge in [-0.3, -0.25) is 4.79 Å². The first-order valence-electron chi connectivity index (χ1n) is 7.55. The summed E-state index contributed by atoms with van der Waals surface area (Å²) in [6.45, 7) is 2.18. The van der Waals surface area contributed by atoms with Gasteiger partial charge in [-0.25, -0.2) is 0 Å². The topological polar surface area (TPSA) is 38.3 Å². The van der Waals surface area contributed by atoms with Crippen molar-refractivity contribution in [2.24, 2.45) is 0 Å². The third-order valence-electron chi connectivity index (χ3n) is 4.17. The van der Waals surface area contributed by atoms with Gasteiger partial charge >= 0.3 is 0 Å². The van der Waals surface area contributed by atoms with Crippen LogP contribution in [0, 0.1) is 0 Å². The number of hydrogen-bond donors (Lipinski definition) is 1. The van der Waals surface area contributed by atoms with E-state index < -0.39 is 0 Å². The molecule has 0 aromatic heterocycles. The van der Waals surface area contributed by atoms with Gasteiger partial charge in [0.15, 0.2) is 0 Å². The fourth-order valence-corrected chi connectivity index (χ4v) is 2.94. The minimum Gasteiger partial charge on any atom is -0.497 e. The van der Waals surface area contributed by atoms with Crippen molar-refractivity contribution in [2.45, 2.75) is 57.4 Å². The molecule has 1 aromatic carbocycles. The minimum absolute atomic E-state index is 0.0176. The van der Waals surface area contributed by atoms with Gasteiger partial charge < -0.3 is 10.1 Å². The zero-order chi connectivity index (χ0) is 14.4. The molecule has 1 N–H and O–H groups in total. The zero-order valence-electron chi connectivity index (χ0n) is 12.6. The number of rotatable bonds is 5. The Morgan fingerprint density at radius 1 is 1.30 bits per heavy atom. The van der Waals surface area contributed by atoms with E-state index in [1.807, 2.05) is 24.3 Å². The molecule has 110 valence electrons. The van der Waals surface area contributed by atoms with Crippen LogP contribution in [0.2, 0.25) is 0 Å². The number of amides is 1. The monoisotopic (exact) mass is 275 g/mol. The number of methoxy groups -OCH3 is 1. The van der Waals surface area contributed by atoms with Crippen LogP contribution in [0.1, 0.15) is 51.0 Å². The molecule has 1 saturated carbocycles. The number of benzene rings is 1. The lowest BCUT2D eigenvalue weighted by Crippen LogP contribution is -2.47. The first kappa shape index (κ1) is 14.9. The molecule has 0 radical (unpaired) electrons. The van der Waals surface area contributed by atoms with Crippen LogP contribution < -0.4 is 10.1 Å². The molecular formula is C17H25NO2. The summed E-state index contributed by atoms with van der Waals surface area (Å²) >= 11 is 0. The van der Waals surface area contributed by atoms with E-state index in [0.717, 1.165) is 30.6 Å². The van der Waals surface area contributed by atoms with E-state index >= 15 is 0 Å². The van der Waals surface area contributed by atoms with Crippen molar-refractivity contribution in [3.8, 4) is 5.75 Å². The largest absolute Gasteiger partial charge is 0.497 e. The minimum atomic E-state index is 0.0176. The lowest BCUT2D eigenvalue weighted by Gasteiger charge is -2.34. The number of carbonyl (C=O) groups is 1. The lowest BCUT2D eigenvalue weighted by molar-refractivity contribution is -0.123. The predicted octanol–water partition coefficient (Wildman–Crippen LogP) is 3.47. The molecule has 0 bridgehead atoms. The fourth-order valence-electron chi connectivity index (χ4n) is 2.94. The van der Waals surface area contributed by atoms with Crippen molar-refractivity contribution in [3.63, 3.8) is 0 Å². The highest BCUT2D eigenvalue weighted by molar-refractivity contribution is 5.77. The molecule has 0 unspecified atom stereocenters. The van der Waals surface area contributed by atoms with E-state index in [-0.39, 0.29) is 11.4 Å². The van der Waals surface area contributed by atoms with Crippen LogP contribution in [-0.4, -0.2) is 18.6 Å². The number of hydrogen-bond acceptors (Lipinski definition) is 2. The van der Waals surface area contributed by atoms with Gasteiger partial charge in [0.25, 0.3) is 0 Å². The smallest absolute Gasteiger partial charge is 0.220 e. The molecule has 2 rings (SSSR count). The first-order valence-corrected chi connectivity index (χ1v) is 7.55. The Kier molecular flexibility index (Phi) is 5.05. The molecule has 0 atom stereocenters. The summed E-state index contributed by atoms with van der Waals surface area (Å²) < 4.78 is 5.20. The Labute approximate surface area is 121 Å². The van der Waals surface area contributed by atoms with Crippen LogP contribution >= 0.6 is 0 Å². The highest BCUT2D eigenvalue weighted by Gasteiger charge is 2.27. The molecule has 0 saturated heterocycles. The summed E-state index contributed by atoms with van der Waals surface area (Å²) in [5.41, 5.74) is 1.16. The summed E-state index contributed by atoms with van der Waals surface area (Å²) in [7, 11) is 1.66. The van der Waals surface area contributed by atoms with Crippen LogP contribution in [0.4, 0.5) is 0 Å². The van der Waals surface area contributed by atoms with E-state index in [9.17, 15) is 4.79 Å². The quantitative estimate of drug-likeness (QED) is 0.893. The molecule has 0 heterocycles. The number of ether oxygens (including phenoxy) is 1. The highest BCUT2D eigenvalue weighted by atomic mass is 16.5. The number of carbonyl (C=O) groups excluding carboxylic acids is 1. The fraction of sp³-hybridized carbons (Fsp3) is 0.588. The average Bonchev–Trinajstić information content (AvgIpc) is 2.45. The highest BCUT2D eigenvalue weighted by Crippen LogP contribution is 2.27. The summed E-state index contributed by atoms with van der Waals surface area (Å²) in [6.07, 6.45) is 7.28. The Morgan fingerprint density at radius 3 is 2.75 bits per heavy atom. The second kappa shape index (κ2) is 6.78. The SMILES string of the molecule is COc1cccc(CCC(=O)NC2(C)CCCCC2)c1. The van der Waals surface area contributed by atoms with Crippen molar-refractivity contribution >= 4 is 5.91 Å². The standard InChI is InChI=1S/C17H25NO2/c1-17(11-4-3-5-12-17)18-16(19)10-9-14-7-6-8-15(13-14)20-2/h6-8,13H,3-5,9-12H2,1-2H3,(H,18,19). The third kappa shape index (κ3) is 4.26. The summed E-state index contributed by atoms with van der Waals surface area (Å²) in [6, 6.07) is 7.93. The molecule has 0 aliphatic heterocycles. The molecule has 20 heavy (non-hydrogen) atoms. The van der Waals surface area contributed by atoms with Gasteiger partial charge in [0.05, 0.1) is 7.11 Å². The van der Waals surface area contributed by atoms with Crippen LogP contribution in [0.15, 0.2) is 24.3 Å². The Bertz CT molecular complexity index is 450. The molecular weight excluding hydrogens is 250 g/mol. The molecule has 1 aliphatic rings. The van der Waals surface area contributed by atoms with Gasteiger partial charge in [-0.15, -0.1) is 0 Å². The van der Waals surface area contributed by atoms with E-state index in [4.69, 9.17) is 4.74 Å². The maximum atomic E-state index is 12.1. The van der Waals surface area contributed by atoms with Gasteiger partial charge in [-0.2, -0.15) is 0 Å². The maximum Gasteiger partial charge on any atom is 0.220 e. The Balaban J connectivity index is 1.82. The van der Waals surface area contributed by atoms with Crippen LogP contribution in [-0.2, 0) is 11.2 Å². The summed E-state index contributed by atoms with van der Waals surface area (Å²) in [4.78, 5) is 12.1. The number of nitrogens with one attached hydrogen (secondary N) is 1. The van der Waals surface area contributed by atoms with E-state index in [2.05, 4.69) is 12.2 Å². The Hall–Kier alpha value is -1.51. The average molecular weight is 275 g/mol. The lowest BCUT2D eigenvalue weighted by atomic mass is 9.83. The zero-order valence-corrected chi connectivity index (χ0v) is 12.6. The third-order valence-corrected chi connectivity index (χ3v) is 4.17. The number of aryl methyl sites for hydroxylation is 1. The van der Waals surface area contributed by atoms with Crippen molar-refractivity contribution in [2.75, 3.05) is 7.11 Å². The second-order valence-corrected chi connectivity index (χ2v) is 6.02. The van der Waals surface area contributed by atoms with Crippen LogP contribution in [0.5, 0.6) is 5.75 Å². The van der Waals surface area contributed by atoms with E-state index in [1.165, 1.54) is 19.3 Å². The van der Waals surface area contributed by atoms with Gasteiger partial charge in [-0.1, -0.05) is 31.4 Å². The van der Waals surface area contributed by atoms with Gasteiger partial charge in [0.1, 0.15) is 5.75 Å². The van der Waals surface area contributed by atoms with Crippen molar-refractivity contribution in [3.05, 3.63) is 29.8 Å². The molecule has 1 fully saturated rings. The van der Waals surface area contributed by atoms with E-state index in [1.54, 1.807) is 7.11 Å². The van der Waals surface area contributed by atoms with Crippen LogP contribution in [0.25, 0.3) is 0 Å². The van der Waals surface area contributed by atoms with Gasteiger partial charge in [-0.05, 0) is 43.9 Å². The maximum absolute atomic E-state index is 12.1. The second-order valence-electron chi connectivity index (χ2n) is 6.02. The molecule has 3 heteroatoms. The summed E-state index contributed by atoms with van der Waals surface area (Å²) in [5, 5.41) is 3.22. The molecule has 3 nitrogen and oxygen atoms in total. The molecule has 1 aromatic rings. The van der Waals surface area contributed by atoms with Crippen molar-refractivity contribution in [1.82, 2.24) is 5.32 Å². The van der Waals surface area contributed by atoms with Crippen molar-refractivity contribution < 1.29 is 9.53 Å². The van der Waals surface area contributed by atoms with Gasteiger partial charge in [0.2, 0.25) is 5.91 Å². The van der Waals surface area contributed by atoms with Crippen LogP contribution in [0.3, 0.4) is 0 Å². The molecule has 1 amide bonds. The van der Waals surface area contributed by atoms with Gasteiger partial charge in [0, 0.05) is 12.0 Å². The molecule has 0 spiro atoms. The van der Waals surface area contributed by atoms with E-state index in [0.29, 0.717) is 6.42 Å². The van der Waals surface area contributed by atoms with Crippen molar-refractivity contribution in [1.29, 1.82) is 0 Å². The first-order chi connectivity index (χ1) is 9.61. The Morgan fingerprint density at radius 2 is 2.05 bits per heavy atom. The predicted molar refractivity (Wildman–Crippen MR) is 80.9 cm³/mol. The normalized spacial score (nSPS) is 17.5. The molecule has 1 aliphatic carbocycles. The summed E-state index contributed by atoms with van der Waals surface area (Å²) in [5.74, 6) is 1.01.